The zero-order valence-electron chi connectivity index (χ0n) is 28.3. The minimum absolute atomic E-state index is 0.137. The van der Waals surface area contributed by atoms with Crippen LogP contribution in [0.25, 0.3) is 0 Å². The van der Waals surface area contributed by atoms with E-state index in [2.05, 4.69) is 250 Å². The van der Waals surface area contributed by atoms with Crippen LogP contribution in [-0.4, -0.2) is 0 Å². The molecule has 0 bridgehead atoms. The van der Waals surface area contributed by atoms with Crippen molar-refractivity contribution in [2.45, 2.75) is 0 Å². The summed E-state index contributed by atoms with van der Waals surface area (Å²) in [6, 6.07) is 0. The normalized spacial score (nSPS) is 16.2. The molecule has 0 nitrogen and oxygen atoms in total. The van der Waals surface area contributed by atoms with Crippen molar-refractivity contribution < 1.29 is 0 Å². The molecule has 0 fully saturated rings. The van der Waals surface area contributed by atoms with E-state index in [1.165, 1.54) is 0 Å². The second kappa shape index (κ2) is 43.3. The van der Waals surface area contributed by atoms with E-state index in [4.69, 9.17) is 0 Å². The molecule has 0 aromatic heterocycles. The predicted molar refractivity (Wildman–Crippen MR) is 460 cm³/mol. The smallest absolute Gasteiger partial charge is 0.0000130 e. The first kappa shape index (κ1) is 78.6. The van der Waals surface area contributed by atoms with Gasteiger partial charge in [-0.15, -0.1) is 250 Å². The van der Waals surface area contributed by atoms with Crippen LogP contribution >= 0.6 is 440 Å². The second-order valence-corrected chi connectivity index (χ2v) is 233. The average Bonchev–Trinajstić information content (AvgIpc) is 2.97. The molecule has 0 N–H and O–H groups in total. The lowest BCUT2D eigenvalue weighted by molar-refractivity contribution is 4.34. The molecule has 32 unspecified atom stereocenters. The van der Waals surface area contributed by atoms with Crippen molar-refractivity contribution in [2.75, 3.05) is 0 Å². The molecule has 0 spiro atoms. The van der Waals surface area contributed by atoms with Crippen LogP contribution in [0.5, 0.6) is 0 Å². The molecular formula is H57P55. The summed E-state index contributed by atoms with van der Waals surface area (Å²) < 4.78 is 0. The van der Waals surface area contributed by atoms with Crippen LogP contribution in [0.3, 0.4) is 0 Å². The Morgan fingerprint density at radius 2 is 0.273 bits per heavy atom. The Morgan fingerprint density at radius 3 is 0.382 bits per heavy atom. The topological polar surface area (TPSA) is 0 Å². The number of rotatable bonds is 26. The molecule has 0 aliphatic heterocycles. The van der Waals surface area contributed by atoms with Gasteiger partial charge in [0, 0.05) is 0 Å². The lowest BCUT2D eigenvalue weighted by atomic mass is 28.4. The molecule has 0 saturated heterocycles. The molecule has 0 saturated carbocycles. The third-order valence-electron chi connectivity index (χ3n) is 4.77. The summed E-state index contributed by atoms with van der Waals surface area (Å²) in [7, 11) is 99.5. The van der Waals surface area contributed by atoms with E-state index in [1.54, 1.807) is 0 Å². The summed E-state index contributed by atoms with van der Waals surface area (Å²) in [5, 5.41) is 0. The fourth-order valence-corrected chi connectivity index (χ4v) is 787. The first-order valence-electron chi connectivity index (χ1n) is 12.5. The van der Waals surface area contributed by atoms with E-state index in [0.717, 1.165) is 7.96 Å². The number of hydrogen-bond acceptors (Lipinski definition) is 0. The first-order valence-corrected chi connectivity index (χ1v) is 112. The highest BCUT2D eigenvalue weighted by molar-refractivity contribution is 9.53. The third kappa shape index (κ3) is 28.1. The van der Waals surface area contributed by atoms with Gasteiger partial charge < -0.3 is 0 Å². The Kier molecular flexibility index (Phi) is 61.9. The van der Waals surface area contributed by atoms with Gasteiger partial charge in [-0.1, -0.05) is 7.96 Å². The second-order valence-electron chi connectivity index (χ2n) is 8.63. The van der Waals surface area contributed by atoms with E-state index in [9.17, 15) is 0 Å². The van der Waals surface area contributed by atoms with Crippen LogP contribution in [0.4, 0.5) is 0 Å². The van der Waals surface area contributed by atoms with Gasteiger partial charge in [0.1, 0.15) is 0 Å². The summed E-state index contributed by atoms with van der Waals surface area (Å²) in [6.45, 7) is -4.87. The predicted octanol–water partition coefficient (Wildman–Crippen LogP) is 32.1. The van der Waals surface area contributed by atoms with Crippen molar-refractivity contribution in [3.63, 3.8) is 0 Å². The maximum Gasteiger partial charge on any atom is -0.0000130 e. The van der Waals surface area contributed by atoms with Gasteiger partial charge in [0.05, 0.1) is 0 Å². The van der Waals surface area contributed by atoms with Crippen molar-refractivity contribution in [1.82, 2.24) is 0 Å². The molecule has 0 aromatic carbocycles. The highest BCUT2D eigenvalue weighted by atomic mass is 33.6. The van der Waals surface area contributed by atoms with Crippen LogP contribution in [0, 0.1) is 0 Å². The summed E-state index contributed by atoms with van der Waals surface area (Å²) >= 11 is 0. The quantitative estimate of drug-likeness (QED) is 0.0757. The molecule has 0 aliphatic rings. The fraction of sp³-hybridized carbons (Fsp3) is 0. The van der Waals surface area contributed by atoms with E-state index >= 15 is 0 Å². The molecule has 0 amide bonds. The van der Waals surface area contributed by atoms with Crippen LogP contribution < -0.4 is 0 Å². The molecule has 0 aliphatic carbocycles. The zero-order valence-corrected chi connectivity index (χ0v) is 84.9. The largest absolute Gasteiger partial charge is 0.109 e. The molecule has 0 radical (unpaired) electrons. The highest BCUT2D eigenvalue weighted by Crippen LogP contribution is 3.47. The lowest BCUT2D eigenvalue weighted by Crippen LogP contribution is -1.72. The van der Waals surface area contributed by atoms with Crippen molar-refractivity contribution >= 4 is 440 Å². The van der Waals surface area contributed by atoms with Crippen LogP contribution in [0.15, 0.2) is 0 Å². The monoisotopic (exact) mass is 1760 g/mol. The molecule has 55 heavy (non-hydrogen) atoms. The molecular weight excluding hydrogens is 1700 g/mol. The molecule has 0 heterocycles. The van der Waals surface area contributed by atoms with Gasteiger partial charge in [-0.25, -0.2) is 0 Å². The standard InChI is InChI=1S/H57P55/c1-29-43(28)50(42(26)27)54(51(44(30(2)3)31(4)5)45(32(6)7)33(8)9)55(52(46(34(10)11)35(12)13)47(36(14)15)37(16)17)53(48(38(18)19)39(20)21)49(40(22)23)41(24)25/h29H,1-28H2. The maximum atomic E-state index is 3.65. The van der Waals surface area contributed by atoms with E-state index < -0.39 is 0 Å². The molecule has 55 heteroatoms. The van der Waals surface area contributed by atoms with Crippen LogP contribution in [0.1, 0.15) is 0 Å². The van der Waals surface area contributed by atoms with E-state index in [0.29, 0.717) is 0 Å². The Bertz CT molecular complexity index is 818. The van der Waals surface area contributed by atoms with Crippen molar-refractivity contribution in [2.24, 2.45) is 0 Å². The summed E-state index contributed by atoms with van der Waals surface area (Å²) in [4.78, 5) is 0. The minimum atomic E-state index is -0.225. The molecule has 32 atom stereocenters. The van der Waals surface area contributed by atoms with Gasteiger partial charge in [0.15, 0.2) is 0 Å². The zero-order chi connectivity index (χ0) is 43.7. The lowest BCUT2D eigenvalue weighted by Gasteiger charge is -2.59. The summed E-state index contributed by atoms with van der Waals surface area (Å²) in [5.74, 6) is 0. The highest BCUT2D eigenvalue weighted by Gasteiger charge is 2.60. The Labute approximate surface area is 433 Å². The van der Waals surface area contributed by atoms with E-state index in [1.807, 2.05) is 0 Å². The molecule has 0 rings (SSSR count). The average molecular weight is 1760 g/mol. The van der Waals surface area contributed by atoms with Crippen LogP contribution in [-0.2, 0) is 0 Å². The van der Waals surface area contributed by atoms with Gasteiger partial charge in [-0.05, 0) is 182 Å². The Hall–Kier alpha value is 23.6. The van der Waals surface area contributed by atoms with Crippen molar-refractivity contribution in [3.8, 4) is 0 Å². The summed E-state index contributed by atoms with van der Waals surface area (Å²) in [6.07, 6.45) is 0. The maximum absolute atomic E-state index is 3.65. The molecule has 332 valence electrons. The van der Waals surface area contributed by atoms with E-state index in [-0.39, 0.29) is 182 Å². The van der Waals surface area contributed by atoms with Crippen molar-refractivity contribution in [3.05, 3.63) is 0 Å². The van der Waals surface area contributed by atoms with Gasteiger partial charge in [0.2, 0.25) is 0 Å². The Balaban J connectivity index is 10.1. The Morgan fingerprint density at radius 1 is 0.164 bits per heavy atom. The minimum Gasteiger partial charge on any atom is -0.109 e. The SMILES string of the molecule is PPP(P)P(P(P)P)P(P(P(P(P)P)P(P)P)P(P(P)P)P(P)P)P(P(P(P(P)P)P(P)P)P(P(P)P)P(P)P)P(P(P(P)P)P(P)P)P(P(P)P)P(P)P. The van der Waals surface area contributed by atoms with Gasteiger partial charge >= 0.3 is 0 Å². The first-order chi connectivity index (χ1) is 25.0. The van der Waals surface area contributed by atoms with Gasteiger partial charge in [-0.3, -0.25) is 0 Å². The molecule has 0 aromatic rings. The van der Waals surface area contributed by atoms with Crippen LogP contribution in [0.2, 0.25) is 0 Å². The third-order valence-corrected chi connectivity index (χ3v) is 386. The fourth-order valence-electron chi connectivity index (χ4n) is 3.24. The number of hydrogen-bond donors (Lipinski definition) is 0. The van der Waals surface area contributed by atoms with Gasteiger partial charge in [0.25, 0.3) is 0 Å². The van der Waals surface area contributed by atoms with Crippen molar-refractivity contribution in [1.29, 1.82) is 0 Å². The van der Waals surface area contributed by atoms with Gasteiger partial charge in [-0.2, -0.15) is 0 Å². The summed E-state index contributed by atoms with van der Waals surface area (Å²) in [5.41, 5.74) is 0.